The highest BCUT2D eigenvalue weighted by atomic mass is 16.5. The Balaban J connectivity index is 1.89. The second-order valence-electron chi connectivity index (χ2n) is 5.70. The summed E-state index contributed by atoms with van der Waals surface area (Å²) in [5.74, 6) is 0.413. The van der Waals surface area contributed by atoms with Crippen molar-refractivity contribution in [3.63, 3.8) is 0 Å². The van der Waals surface area contributed by atoms with Gasteiger partial charge in [-0.15, -0.1) is 0 Å². The average Bonchev–Trinajstić information content (AvgIpc) is 2.65. The molecule has 138 valence electrons. The summed E-state index contributed by atoms with van der Waals surface area (Å²) >= 11 is 0. The van der Waals surface area contributed by atoms with E-state index < -0.39 is 0 Å². The topological polar surface area (TPSA) is 79.5 Å². The van der Waals surface area contributed by atoms with Crippen LogP contribution in [0.3, 0.4) is 0 Å². The van der Waals surface area contributed by atoms with Crippen LogP contribution < -0.4 is 20.7 Å². The number of hydrogen-bond acceptors (Lipinski definition) is 4. The fourth-order valence-electron chi connectivity index (χ4n) is 2.33. The minimum Gasteiger partial charge on any atom is -0.494 e. The van der Waals surface area contributed by atoms with Crippen LogP contribution in [0.2, 0.25) is 0 Å². The zero-order valence-corrected chi connectivity index (χ0v) is 15.2. The van der Waals surface area contributed by atoms with Crippen LogP contribution in [-0.2, 0) is 4.79 Å². The molecule has 3 N–H and O–H groups in total. The predicted octanol–water partition coefficient (Wildman–Crippen LogP) is 3.28. The molecular weight excluding hydrogens is 330 g/mol. The first-order valence-electron chi connectivity index (χ1n) is 8.77. The van der Waals surface area contributed by atoms with Gasteiger partial charge in [0.05, 0.1) is 13.2 Å². The van der Waals surface area contributed by atoms with Gasteiger partial charge in [-0.05, 0) is 43.7 Å². The molecule has 0 aliphatic carbocycles. The van der Waals surface area contributed by atoms with E-state index >= 15 is 0 Å². The predicted molar refractivity (Wildman–Crippen MR) is 104 cm³/mol. The van der Waals surface area contributed by atoms with Crippen molar-refractivity contribution in [1.29, 1.82) is 0 Å². The van der Waals surface area contributed by atoms with E-state index in [4.69, 9.17) is 4.74 Å². The van der Waals surface area contributed by atoms with Gasteiger partial charge in [0.25, 0.3) is 5.91 Å². The molecule has 0 bridgehead atoms. The molecule has 2 amide bonds. The van der Waals surface area contributed by atoms with E-state index in [0.29, 0.717) is 35.8 Å². The fourth-order valence-corrected chi connectivity index (χ4v) is 2.33. The zero-order valence-electron chi connectivity index (χ0n) is 15.2. The van der Waals surface area contributed by atoms with Crippen LogP contribution in [0.4, 0.5) is 11.4 Å². The monoisotopic (exact) mass is 355 g/mol. The molecule has 0 aromatic heterocycles. The number of anilines is 2. The number of ether oxygens (including phenoxy) is 1. The molecule has 0 fully saturated rings. The first-order valence-corrected chi connectivity index (χ1v) is 8.77. The van der Waals surface area contributed by atoms with Crippen LogP contribution >= 0.6 is 0 Å². The van der Waals surface area contributed by atoms with Gasteiger partial charge in [-0.3, -0.25) is 9.59 Å². The number of hydrogen-bond donors (Lipinski definition) is 3. The lowest BCUT2D eigenvalue weighted by Gasteiger charge is -2.10. The maximum Gasteiger partial charge on any atom is 0.251 e. The zero-order chi connectivity index (χ0) is 18.8. The highest BCUT2D eigenvalue weighted by Crippen LogP contribution is 2.17. The van der Waals surface area contributed by atoms with Crippen LogP contribution in [0, 0.1) is 0 Å². The molecule has 0 spiro atoms. The molecule has 6 nitrogen and oxygen atoms in total. The largest absolute Gasteiger partial charge is 0.494 e. The summed E-state index contributed by atoms with van der Waals surface area (Å²) in [6, 6.07) is 14.3. The summed E-state index contributed by atoms with van der Waals surface area (Å²) in [6.45, 7) is 5.21. The Kier molecular flexibility index (Phi) is 7.49. The van der Waals surface area contributed by atoms with Gasteiger partial charge in [-0.1, -0.05) is 19.1 Å². The van der Waals surface area contributed by atoms with Gasteiger partial charge < -0.3 is 20.7 Å². The summed E-state index contributed by atoms with van der Waals surface area (Å²) in [4.78, 5) is 24.1. The lowest BCUT2D eigenvalue weighted by atomic mass is 10.2. The standard InChI is InChI=1S/C20H25N3O3/c1-3-11-21-20(25)15-7-5-8-16(12-15)22-14-19(24)23-17-9-6-10-18(13-17)26-4-2/h5-10,12-13,22H,3-4,11,14H2,1-2H3,(H,21,25)(H,23,24). The molecule has 0 saturated carbocycles. The maximum absolute atomic E-state index is 12.1. The Hall–Kier alpha value is -3.02. The first kappa shape index (κ1) is 19.3. The molecule has 6 heteroatoms. The quantitative estimate of drug-likeness (QED) is 0.645. The Labute approximate surface area is 153 Å². The molecule has 0 radical (unpaired) electrons. The molecule has 0 aliphatic rings. The minimum absolute atomic E-state index is 0.0961. The van der Waals surface area contributed by atoms with Crippen molar-refractivity contribution < 1.29 is 14.3 Å². The number of carbonyl (C=O) groups excluding carboxylic acids is 2. The number of nitrogens with one attached hydrogen (secondary N) is 3. The SMILES string of the molecule is CCCNC(=O)c1cccc(NCC(=O)Nc2cccc(OCC)c2)c1. The second kappa shape index (κ2) is 10.1. The lowest BCUT2D eigenvalue weighted by molar-refractivity contribution is -0.114. The van der Waals surface area contributed by atoms with Crippen molar-refractivity contribution >= 4 is 23.2 Å². The van der Waals surface area contributed by atoms with Gasteiger partial charge in [0.2, 0.25) is 5.91 Å². The van der Waals surface area contributed by atoms with Gasteiger partial charge in [-0.2, -0.15) is 0 Å². The Morgan fingerprint density at radius 3 is 2.54 bits per heavy atom. The highest BCUT2D eigenvalue weighted by Gasteiger charge is 2.07. The normalized spacial score (nSPS) is 10.1. The van der Waals surface area contributed by atoms with Crippen LogP contribution in [0.25, 0.3) is 0 Å². The van der Waals surface area contributed by atoms with Gasteiger partial charge >= 0.3 is 0 Å². The molecule has 0 aliphatic heterocycles. The van der Waals surface area contributed by atoms with Crippen molar-refractivity contribution in [2.45, 2.75) is 20.3 Å². The van der Waals surface area contributed by atoms with Gasteiger partial charge in [0.15, 0.2) is 0 Å². The molecule has 0 unspecified atom stereocenters. The molecule has 26 heavy (non-hydrogen) atoms. The summed E-state index contributed by atoms with van der Waals surface area (Å²) in [6.07, 6.45) is 0.883. The van der Waals surface area contributed by atoms with Gasteiger partial charge in [-0.25, -0.2) is 0 Å². The van der Waals surface area contributed by atoms with Crippen molar-refractivity contribution in [1.82, 2.24) is 5.32 Å². The third-order valence-corrected chi connectivity index (χ3v) is 3.54. The number of carbonyl (C=O) groups is 2. The smallest absolute Gasteiger partial charge is 0.251 e. The van der Waals surface area contributed by atoms with Gasteiger partial charge in [0.1, 0.15) is 5.75 Å². The average molecular weight is 355 g/mol. The van der Waals surface area contributed by atoms with Crippen molar-refractivity contribution in [3.05, 3.63) is 54.1 Å². The van der Waals surface area contributed by atoms with Crippen molar-refractivity contribution in [3.8, 4) is 5.75 Å². The molecule has 0 saturated heterocycles. The Morgan fingerprint density at radius 1 is 1.00 bits per heavy atom. The molecule has 0 atom stereocenters. The molecular formula is C20H25N3O3. The minimum atomic E-state index is -0.181. The van der Waals surface area contributed by atoms with Crippen LogP contribution in [-0.4, -0.2) is 31.5 Å². The van der Waals surface area contributed by atoms with Crippen LogP contribution in [0.15, 0.2) is 48.5 Å². The summed E-state index contributed by atoms with van der Waals surface area (Å²) < 4.78 is 5.42. The summed E-state index contributed by atoms with van der Waals surface area (Å²) in [5, 5.41) is 8.68. The molecule has 2 aromatic carbocycles. The number of amides is 2. The highest BCUT2D eigenvalue weighted by molar-refractivity contribution is 5.96. The fraction of sp³-hybridized carbons (Fsp3) is 0.300. The second-order valence-corrected chi connectivity index (χ2v) is 5.70. The van der Waals surface area contributed by atoms with E-state index in [1.165, 1.54) is 0 Å². The van der Waals surface area contributed by atoms with Crippen molar-refractivity contribution in [2.24, 2.45) is 0 Å². The van der Waals surface area contributed by atoms with E-state index in [-0.39, 0.29) is 18.4 Å². The third-order valence-electron chi connectivity index (χ3n) is 3.54. The van der Waals surface area contributed by atoms with Crippen LogP contribution in [0.5, 0.6) is 5.75 Å². The summed E-state index contributed by atoms with van der Waals surface area (Å²) in [5.41, 5.74) is 1.95. The Bertz CT molecular complexity index is 747. The van der Waals surface area contributed by atoms with E-state index in [1.807, 2.05) is 32.0 Å². The van der Waals surface area contributed by atoms with E-state index in [2.05, 4.69) is 16.0 Å². The first-order chi connectivity index (χ1) is 12.6. The lowest BCUT2D eigenvalue weighted by Crippen LogP contribution is -2.24. The third kappa shape index (κ3) is 6.12. The number of benzene rings is 2. The van der Waals surface area contributed by atoms with E-state index in [9.17, 15) is 9.59 Å². The number of rotatable bonds is 9. The van der Waals surface area contributed by atoms with Gasteiger partial charge in [0, 0.05) is 29.5 Å². The summed E-state index contributed by atoms with van der Waals surface area (Å²) in [7, 11) is 0. The maximum atomic E-state index is 12.1. The Morgan fingerprint density at radius 2 is 1.77 bits per heavy atom. The van der Waals surface area contributed by atoms with E-state index in [1.54, 1.807) is 30.3 Å². The van der Waals surface area contributed by atoms with Crippen molar-refractivity contribution in [2.75, 3.05) is 30.3 Å². The van der Waals surface area contributed by atoms with E-state index in [0.717, 1.165) is 6.42 Å². The van der Waals surface area contributed by atoms with Crippen LogP contribution in [0.1, 0.15) is 30.6 Å². The molecule has 2 rings (SSSR count). The molecule has 2 aromatic rings. The molecule has 0 heterocycles.